The van der Waals surface area contributed by atoms with E-state index < -0.39 is 0 Å². The van der Waals surface area contributed by atoms with E-state index in [0.29, 0.717) is 32.5 Å². The van der Waals surface area contributed by atoms with Gasteiger partial charge in [-0.15, -0.1) is 0 Å². The molecule has 1 rings (SSSR count). The molecule has 0 atom stereocenters. The van der Waals surface area contributed by atoms with Crippen LogP contribution in [0.1, 0.15) is 12.8 Å². The van der Waals surface area contributed by atoms with Crippen molar-refractivity contribution in [2.45, 2.75) is 12.8 Å². The van der Waals surface area contributed by atoms with Crippen LogP contribution >= 0.6 is 0 Å². The molecule has 5 nitrogen and oxygen atoms in total. The average molecular weight is 200 g/mol. The van der Waals surface area contributed by atoms with Gasteiger partial charge in [0.2, 0.25) is 11.8 Å². The summed E-state index contributed by atoms with van der Waals surface area (Å²) in [6, 6.07) is 0. The molecule has 0 spiro atoms. The second-order valence-electron chi connectivity index (χ2n) is 3.26. The monoisotopic (exact) mass is 200 g/mol. The highest BCUT2D eigenvalue weighted by atomic mass is 16.5. The maximum Gasteiger partial charge on any atom is 0.239 e. The molecule has 1 fully saturated rings. The minimum atomic E-state index is -0.0728. The lowest BCUT2D eigenvalue weighted by Crippen LogP contribution is -2.49. The molecule has 0 aromatic carbocycles. The largest absolute Gasteiger partial charge is 0.385 e. The number of carbonyl (C=O) groups is 2. The Bertz CT molecular complexity index is 218. The van der Waals surface area contributed by atoms with E-state index in [0.717, 1.165) is 0 Å². The van der Waals surface area contributed by atoms with Crippen molar-refractivity contribution in [3.05, 3.63) is 0 Å². The lowest BCUT2D eigenvalue weighted by atomic mass is 10.2. The van der Waals surface area contributed by atoms with Gasteiger partial charge in [-0.05, 0) is 6.42 Å². The Morgan fingerprint density at radius 1 is 1.64 bits per heavy atom. The van der Waals surface area contributed by atoms with Crippen LogP contribution in [-0.4, -0.2) is 50.1 Å². The molecule has 1 aliphatic rings. The number of amides is 2. The molecular weight excluding hydrogens is 184 g/mol. The van der Waals surface area contributed by atoms with E-state index in [-0.39, 0.29) is 18.4 Å². The third-order valence-electron chi connectivity index (χ3n) is 2.13. The van der Waals surface area contributed by atoms with E-state index in [1.807, 2.05) is 0 Å². The highest BCUT2D eigenvalue weighted by Crippen LogP contribution is 2.00. The topological polar surface area (TPSA) is 58.6 Å². The fourth-order valence-electron chi connectivity index (χ4n) is 1.38. The molecule has 14 heavy (non-hydrogen) atoms. The van der Waals surface area contributed by atoms with Gasteiger partial charge in [-0.25, -0.2) is 0 Å². The summed E-state index contributed by atoms with van der Waals surface area (Å²) >= 11 is 0. The van der Waals surface area contributed by atoms with Crippen molar-refractivity contribution in [3.8, 4) is 0 Å². The van der Waals surface area contributed by atoms with Gasteiger partial charge in [-0.2, -0.15) is 0 Å². The first-order valence-corrected chi connectivity index (χ1v) is 4.77. The predicted octanol–water partition coefficient (Wildman–Crippen LogP) is -0.629. The van der Waals surface area contributed by atoms with Crippen LogP contribution < -0.4 is 5.32 Å². The van der Waals surface area contributed by atoms with Crippen molar-refractivity contribution in [2.75, 3.05) is 33.4 Å². The number of nitrogens with zero attached hydrogens (tertiary/aromatic N) is 1. The Morgan fingerprint density at radius 3 is 3.07 bits per heavy atom. The van der Waals surface area contributed by atoms with Gasteiger partial charge < -0.3 is 15.0 Å². The minimum Gasteiger partial charge on any atom is -0.385 e. The molecule has 0 saturated carbocycles. The van der Waals surface area contributed by atoms with E-state index in [1.54, 1.807) is 12.0 Å². The second-order valence-corrected chi connectivity index (χ2v) is 3.26. The Balaban J connectivity index is 2.25. The molecule has 0 bridgehead atoms. The van der Waals surface area contributed by atoms with Crippen molar-refractivity contribution in [1.29, 1.82) is 0 Å². The predicted molar refractivity (Wildman–Crippen MR) is 50.7 cm³/mol. The van der Waals surface area contributed by atoms with E-state index >= 15 is 0 Å². The molecule has 0 radical (unpaired) electrons. The molecule has 0 unspecified atom stereocenters. The minimum absolute atomic E-state index is 0.0388. The van der Waals surface area contributed by atoms with Crippen LogP contribution in [-0.2, 0) is 14.3 Å². The van der Waals surface area contributed by atoms with Gasteiger partial charge in [-0.1, -0.05) is 0 Å². The van der Waals surface area contributed by atoms with Crippen LogP contribution in [0.4, 0.5) is 0 Å². The number of ether oxygens (including phenoxy) is 1. The Hall–Kier alpha value is -1.10. The smallest absolute Gasteiger partial charge is 0.239 e. The molecular formula is C9H16N2O3. The fourth-order valence-corrected chi connectivity index (χ4v) is 1.38. The Morgan fingerprint density at radius 2 is 2.43 bits per heavy atom. The highest BCUT2D eigenvalue weighted by Gasteiger charge is 2.20. The number of hydrogen-bond donors (Lipinski definition) is 1. The number of piperazine rings is 1. The summed E-state index contributed by atoms with van der Waals surface area (Å²) in [5, 5.41) is 2.68. The zero-order valence-corrected chi connectivity index (χ0v) is 8.41. The van der Waals surface area contributed by atoms with Gasteiger partial charge in [0.05, 0.1) is 6.54 Å². The maximum atomic E-state index is 11.5. The van der Waals surface area contributed by atoms with E-state index in [9.17, 15) is 9.59 Å². The molecule has 5 heteroatoms. The van der Waals surface area contributed by atoms with E-state index in [4.69, 9.17) is 4.74 Å². The number of carbonyl (C=O) groups excluding carboxylic acids is 2. The van der Waals surface area contributed by atoms with Crippen LogP contribution in [0.15, 0.2) is 0 Å². The zero-order valence-electron chi connectivity index (χ0n) is 8.41. The molecule has 80 valence electrons. The first kappa shape index (κ1) is 11.0. The van der Waals surface area contributed by atoms with Crippen molar-refractivity contribution in [2.24, 2.45) is 0 Å². The molecule has 0 aliphatic carbocycles. The summed E-state index contributed by atoms with van der Waals surface area (Å²) in [7, 11) is 1.61. The van der Waals surface area contributed by atoms with Crippen molar-refractivity contribution >= 4 is 11.8 Å². The van der Waals surface area contributed by atoms with Crippen molar-refractivity contribution < 1.29 is 14.3 Å². The van der Waals surface area contributed by atoms with Crippen LogP contribution in [0.25, 0.3) is 0 Å². The summed E-state index contributed by atoms with van der Waals surface area (Å²) in [4.78, 5) is 24.1. The fraction of sp³-hybridized carbons (Fsp3) is 0.778. The number of rotatable bonds is 4. The lowest BCUT2D eigenvalue weighted by molar-refractivity contribution is -0.138. The van der Waals surface area contributed by atoms with Crippen molar-refractivity contribution in [3.63, 3.8) is 0 Å². The van der Waals surface area contributed by atoms with Crippen molar-refractivity contribution in [1.82, 2.24) is 10.2 Å². The normalized spacial score (nSPS) is 16.6. The van der Waals surface area contributed by atoms with Gasteiger partial charge >= 0.3 is 0 Å². The zero-order chi connectivity index (χ0) is 10.4. The van der Waals surface area contributed by atoms with Crippen LogP contribution in [0.2, 0.25) is 0 Å². The van der Waals surface area contributed by atoms with E-state index in [1.165, 1.54) is 0 Å². The standard InChI is InChI=1S/C9H16N2O3/c1-14-6-2-3-9(13)11-5-4-10-8(12)7-11/h2-7H2,1H3,(H,10,12). The van der Waals surface area contributed by atoms with Gasteiger partial charge in [0.15, 0.2) is 0 Å². The third kappa shape index (κ3) is 3.33. The summed E-state index contributed by atoms with van der Waals surface area (Å²) in [5.74, 6) is -0.0340. The summed E-state index contributed by atoms with van der Waals surface area (Å²) in [6.07, 6.45) is 1.18. The van der Waals surface area contributed by atoms with Gasteiger partial charge in [0.25, 0.3) is 0 Å². The summed E-state index contributed by atoms with van der Waals surface area (Å²) in [6.45, 7) is 1.98. The van der Waals surface area contributed by atoms with Crippen LogP contribution in [0.3, 0.4) is 0 Å². The molecule has 1 heterocycles. The number of nitrogens with one attached hydrogen (secondary N) is 1. The van der Waals surface area contributed by atoms with E-state index in [2.05, 4.69) is 5.32 Å². The van der Waals surface area contributed by atoms with Crippen LogP contribution in [0.5, 0.6) is 0 Å². The molecule has 0 aromatic heterocycles. The maximum absolute atomic E-state index is 11.5. The van der Waals surface area contributed by atoms with Gasteiger partial charge in [-0.3, -0.25) is 9.59 Å². The lowest BCUT2D eigenvalue weighted by Gasteiger charge is -2.26. The molecule has 1 saturated heterocycles. The number of methoxy groups -OCH3 is 1. The first-order valence-electron chi connectivity index (χ1n) is 4.77. The second kappa shape index (κ2) is 5.59. The third-order valence-corrected chi connectivity index (χ3v) is 2.13. The SMILES string of the molecule is COCCCC(=O)N1CCNC(=O)C1. The van der Waals surface area contributed by atoms with Gasteiger partial charge in [0.1, 0.15) is 0 Å². The molecule has 2 amide bonds. The average Bonchev–Trinajstić information content (AvgIpc) is 2.18. The summed E-state index contributed by atoms with van der Waals surface area (Å²) in [5.41, 5.74) is 0. The highest BCUT2D eigenvalue weighted by molar-refractivity contribution is 5.85. The molecule has 1 aliphatic heterocycles. The van der Waals surface area contributed by atoms with Crippen LogP contribution in [0, 0.1) is 0 Å². The molecule has 0 aromatic rings. The molecule has 1 N–H and O–H groups in total. The number of hydrogen-bond acceptors (Lipinski definition) is 3. The summed E-state index contributed by atoms with van der Waals surface area (Å²) < 4.78 is 4.85. The quantitative estimate of drug-likeness (QED) is 0.615. The Kier molecular flexibility index (Phi) is 4.39. The Labute approximate surface area is 83.4 Å². The first-order chi connectivity index (χ1) is 6.74. The van der Waals surface area contributed by atoms with Gasteiger partial charge in [0, 0.05) is 33.2 Å².